The summed E-state index contributed by atoms with van der Waals surface area (Å²) in [5.74, 6) is -0.501. The van der Waals surface area contributed by atoms with Gasteiger partial charge in [-0.15, -0.1) is 0 Å². The maximum atomic E-state index is 12.7. The zero-order chi connectivity index (χ0) is 19.7. The summed E-state index contributed by atoms with van der Waals surface area (Å²) in [5.41, 5.74) is 0.439. The Balaban J connectivity index is 2.11. The molecular formula is C20H21ClN2O4. The summed E-state index contributed by atoms with van der Waals surface area (Å²) >= 11 is 5.90. The van der Waals surface area contributed by atoms with E-state index >= 15 is 0 Å². The van der Waals surface area contributed by atoms with Crippen LogP contribution in [0, 0.1) is 6.92 Å². The van der Waals surface area contributed by atoms with Crippen LogP contribution in [0.5, 0.6) is 0 Å². The molecule has 1 amide bonds. The van der Waals surface area contributed by atoms with Crippen LogP contribution in [0.2, 0.25) is 5.02 Å². The van der Waals surface area contributed by atoms with Crippen molar-refractivity contribution >= 4 is 29.1 Å². The van der Waals surface area contributed by atoms with Crippen molar-refractivity contribution in [3.05, 3.63) is 64.1 Å². The zero-order valence-corrected chi connectivity index (χ0v) is 16.2. The lowest BCUT2D eigenvalue weighted by molar-refractivity contribution is -0.140. The molecule has 27 heavy (non-hydrogen) atoms. The normalized spacial score (nSPS) is 19.3. The highest BCUT2D eigenvalue weighted by Gasteiger charge is 2.47. The van der Waals surface area contributed by atoms with Crippen LogP contribution in [0.1, 0.15) is 23.1 Å². The minimum absolute atomic E-state index is 0.0235. The number of ketones is 1. The van der Waals surface area contributed by atoms with E-state index < -0.39 is 17.7 Å². The lowest BCUT2D eigenvalue weighted by Gasteiger charge is -2.24. The number of hydrogen-bond donors (Lipinski definition) is 1. The van der Waals surface area contributed by atoms with E-state index in [4.69, 9.17) is 16.0 Å². The predicted molar refractivity (Wildman–Crippen MR) is 102 cm³/mol. The number of furan rings is 1. The number of amides is 1. The van der Waals surface area contributed by atoms with E-state index in [1.807, 2.05) is 19.0 Å². The van der Waals surface area contributed by atoms with Crippen molar-refractivity contribution < 1.29 is 19.1 Å². The average molecular weight is 389 g/mol. The van der Waals surface area contributed by atoms with E-state index in [0.717, 1.165) is 0 Å². The molecule has 1 N–H and O–H groups in total. The van der Waals surface area contributed by atoms with E-state index in [1.165, 1.54) is 4.90 Å². The number of benzene rings is 1. The minimum Gasteiger partial charge on any atom is -0.507 e. The molecule has 0 spiro atoms. The van der Waals surface area contributed by atoms with Crippen LogP contribution >= 0.6 is 11.6 Å². The van der Waals surface area contributed by atoms with E-state index in [9.17, 15) is 14.7 Å². The molecule has 1 aliphatic rings. The number of Topliss-reactive ketones (excluding diaryl/α,β-unsaturated/α-hetero) is 1. The van der Waals surface area contributed by atoms with Gasteiger partial charge in [-0.3, -0.25) is 9.59 Å². The molecule has 2 heterocycles. The van der Waals surface area contributed by atoms with Gasteiger partial charge in [-0.05, 0) is 57.4 Å². The Kier molecular flexibility index (Phi) is 5.39. The number of halogens is 1. The third-order valence-corrected chi connectivity index (χ3v) is 4.73. The van der Waals surface area contributed by atoms with Crippen molar-refractivity contribution in [3.8, 4) is 0 Å². The van der Waals surface area contributed by atoms with Crippen LogP contribution in [0.3, 0.4) is 0 Å². The van der Waals surface area contributed by atoms with Gasteiger partial charge < -0.3 is 19.3 Å². The van der Waals surface area contributed by atoms with Gasteiger partial charge in [0.05, 0.1) is 5.57 Å². The molecule has 0 radical (unpaired) electrons. The Labute approximate surface area is 162 Å². The molecule has 1 aromatic carbocycles. The smallest absolute Gasteiger partial charge is 0.295 e. The van der Waals surface area contributed by atoms with E-state index in [0.29, 0.717) is 35.2 Å². The second-order valence-corrected chi connectivity index (χ2v) is 7.19. The Bertz CT molecular complexity index is 899. The van der Waals surface area contributed by atoms with Gasteiger partial charge in [0.1, 0.15) is 23.3 Å². The fourth-order valence-electron chi connectivity index (χ4n) is 3.08. The van der Waals surface area contributed by atoms with Crippen LogP contribution < -0.4 is 0 Å². The van der Waals surface area contributed by atoms with Crippen LogP contribution in [-0.4, -0.2) is 53.8 Å². The highest BCUT2D eigenvalue weighted by atomic mass is 35.5. The number of aliphatic hydroxyl groups excluding tert-OH is 1. The van der Waals surface area contributed by atoms with Gasteiger partial charge in [-0.2, -0.15) is 0 Å². The fraction of sp³-hybridized carbons (Fsp3) is 0.300. The molecule has 6 nitrogen and oxygen atoms in total. The molecule has 2 aromatic rings. The zero-order valence-electron chi connectivity index (χ0n) is 15.4. The van der Waals surface area contributed by atoms with Crippen LogP contribution in [0.4, 0.5) is 0 Å². The van der Waals surface area contributed by atoms with Crippen molar-refractivity contribution in [2.24, 2.45) is 0 Å². The molecule has 1 aliphatic heterocycles. The molecule has 7 heteroatoms. The molecule has 1 fully saturated rings. The third-order valence-electron chi connectivity index (χ3n) is 4.48. The Morgan fingerprint density at radius 1 is 1.19 bits per heavy atom. The SMILES string of the molecule is Cc1ccc([C@H]2C(=C(O)c3ccc(Cl)cc3)C(=O)C(=O)N2CCN(C)C)o1. The molecule has 142 valence electrons. The second kappa shape index (κ2) is 7.58. The van der Waals surface area contributed by atoms with E-state index in [1.54, 1.807) is 43.3 Å². The first-order valence-corrected chi connectivity index (χ1v) is 8.93. The van der Waals surface area contributed by atoms with Crippen molar-refractivity contribution in [2.45, 2.75) is 13.0 Å². The first-order valence-electron chi connectivity index (χ1n) is 8.55. The highest BCUT2D eigenvalue weighted by Crippen LogP contribution is 2.39. The van der Waals surface area contributed by atoms with Crippen LogP contribution in [0.25, 0.3) is 5.76 Å². The number of likely N-dealkylation sites (N-methyl/N-ethyl adjacent to an activating group) is 1. The number of nitrogens with zero attached hydrogens (tertiary/aromatic N) is 2. The number of aliphatic hydroxyl groups is 1. The maximum absolute atomic E-state index is 12.7. The predicted octanol–water partition coefficient (Wildman–Crippen LogP) is 3.22. The molecule has 1 saturated heterocycles. The molecule has 1 aromatic heterocycles. The molecule has 0 saturated carbocycles. The fourth-order valence-corrected chi connectivity index (χ4v) is 3.20. The summed E-state index contributed by atoms with van der Waals surface area (Å²) in [4.78, 5) is 28.8. The molecule has 0 unspecified atom stereocenters. The summed E-state index contributed by atoms with van der Waals surface area (Å²) in [5, 5.41) is 11.3. The van der Waals surface area contributed by atoms with E-state index in [-0.39, 0.29) is 11.3 Å². The molecule has 0 bridgehead atoms. The van der Waals surface area contributed by atoms with Gasteiger partial charge in [-0.25, -0.2) is 0 Å². The van der Waals surface area contributed by atoms with E-state index in [2.05, 4.69) is 0 Å². The Morgan fingerprint density at radius 2 is 1.85 bits per heavy atom. The third kappa shape index (κ3) is 3.77. The maximum Gasteiger partial charge on any atom is 0.295 e. The van der Waals surface area contributed by atoms with Gasteiger partial charge in [0.25, 0.3) is 11.7 Å². The first-order chi connectivity index (χ1) is 12.8. The average Bonchev–Trinajstić information content (AvgIpc) is 3.15. The van der Waals surface area contributed by atoms with Gasteiger partial charge in [0, 0.05) is 23.7 Å². The van der Waals surface area contributed by atoms with Gasteiger partial charge in [-0.1, -0.05) is 11.6 Å². The summed E-state index contributed by atoms with van der Waals surface area (Å²) < 4.78 is 5.71. The number of rotatable bonds is 5. The number of hydrogen-bond acceptors (Lipinski definition) is 5. The first kappa shape index (κ1) is 19.2. The number of carbonyl (C=O) groups excluding carboxylic acids is 2. The van der Waals surface area contributed by atoms with Crippen LogP contribution in [0.15, 0.2) is 46.4 Å². The Hall–Kier alpha value is -2.57. The Morgan fingerprint density at radius 3 is 2.41 bits per heavy atom. The summed E-state index contributed by atoms with van der Waals surface area (Å²) in [7, 11) is 3.77. The quantitative estimate of drug-likeness (QED) is 0.483. The molecular weight excluding hydrogens is 368 g/mol. The monoisotopic (exact) mass is 388 g/mol. The topological polar surface area (TPSA) is 74.0 Å². The molecule has 1 atom stereocenters. The molecule has 0 aliphatic carbocycles. The number of likely N-dealkylation sites (tertiary alicyclic amines) is 1. The lowest BCUT2D eigenvalue weighted by Crippen LogP contribution is -2.35. The van der Waals surface area contributed by atoms with Gasteiger partial charge in [0.15, 0.2) is 0 Å². The van der Waals surface area contributed by atoms with Gasteiger partial charge in [0.2, 0.25) is 0 Å². The minimum atomic E-state index is -0.769. The second-order valence-electron chi connectivity index (χ2n) is 6.75. The summed E-state index contributed by atoms with van der Waals surface area (Å²) in [6.07, 6.45) is 0. The van der Waals surface area contributed by atoms with Crippen molar-refractivity contribution in [1.29, 1.82) is 0 Å². The lowest BCUT2D eigenvalue weighted by atomic mass is 9.99. The van der Waals surface area contributed by atoms with Crippen molar-refractivity contribution in [3.63, 3.8) is 0 Å². The van der Waals surface area contributed by atoms with Crippen molar-refractivity contribution in [2.75, 3.05) is 27.2 Å². The summed E-state index contributed by atoms with van der Waals surface area (Å²) in [6, 6.07) is 9.17. The van der Waals surface area contributed by atoms with Gasteiger partial charge >= 0.3 is 0 Å². The highest BCUT2D eigenvalue weighted by molar-refractivity contribution is 6.46. The largest absolute Gasteiger partial charge is 0.507 e. The standard InChI is InChI=1S/C20H21ClN2O4/c1-12-4-9-15(27-12)17-16(18(24)13-5-7-14(21)8-6-13)19(25)20(26)23(17)11-10-22(2)3/h4-9,17,24H,10-11H2,1-3H3/t17-/m0/s1. The summed E-state index contributed by atoms with van der Waals surface area (Å²) in [6.45, 7) is 2.69. The van der Waals surface area contributed by atoms with Crippen LogP contribution in [-0.2, 0) is 9.59 Å². The molecule has 3 rings (SSSR count). The van der Waals surface area contributed by atoms with Crippen molar-refractivity contribution in [1.82, 2.24) is 9.80 Å². The number of carbonyl (C=O) groups is 2. The number of aryl methyl sites for hydroxylation is 1.